The molecule has 2 rings (SSSR count). The first-order chi connectivity index (χ1) is 8.06. The number of hydrogen-bond acceptors (Lipinski definition) is 2. The summed E-state index contributed by atoms with van der Waals surface area (Å²) in [5.41, 5.74) is 2.10. The van der Waals surface area contributed by atoms with Gasteiger partial charge >= 0.3 is 5.97 Å². The summed E-state index contributed by atoms with van der Waals surface area (Å²) in [6.45, 7) is 7.46. The zero-order chi connectivity index (χ0) is 12.6. The molecule has 17 heavy (non-hydrogen) atoms. The van der Waals surface area contributed by atoms with Crippen molar-refractivity contribution in [1.29, 1.82) is 0 Å². The Hall–Kier alpha value is -2.36. The van der Waals surface area contributed by atoms with Crippen LogP contribution < -0.4 is 0 Å². The minimum Gasteiger partial charge on any atom is -0.478 e. The first-order valence-corrected chi connectivity index (χ1v) is 5.06. The molecule has 0 atom stereocenters. The third-order valence-electron chi connectivity index (χ3n) is 2.68. The highest BCUT2D eigenvalue weighted by molar-refractivity contribution is 6.01. The summed E-state index contributed by atoms with van der Waals surface area (Å²) in [4.78, 5) is 15.4. The number of allylic oxidation sites excluding steroid dienone is 2. The van der Waals surface area contributed by atoms with Crippen LogP contribution in [0.25, 0.3) is 16.6 Å². The maximum absolute atomic E-state index is 11.1. The summed E-state index contributed by atoms with van der Waals surface area (Å²) in [7, 11) is 1.82. The van der Waals surface area contributed by atoms with E-state index in [0.29, 0.717) is 16.9 Å². The Morgan fingerprint density at radius 3 is 2.82 bits per heavy atom. The van der Waals surface area contributed by atoms with Crippen molar-refractivity contribution in [2.75, 3.05) is 0 Å². The number of benzene rings is 1. The summed E-state index contributed by atoms with van der Waals surface area (Å²) in [5.74, 6) is -0.354. The normalized spacial score (nSPS) is 10.4. The van der Waals surface area contributed by atoms with Gasteiger partial charge in [0.1, 0.15) is 11.3 Å². The number of hydrogen-bond donors (Lipinski definition) is 1. The van der Waals surface area contributed by atoms with Crippen LogP contribution in [0, 0.1) is 0 Å². The minimum absolute atomic E-state index is 0.196. The van der Waals surface area contributed by atoms with Crippen LogP contribution in [0.4, 0.5) is 0 Å². The van der Waals surface area contributed by atoms with Crippen molar-refractivity contribution in [2.45, 2.75) is 0 Å². The zero-order valence-corrected chi connectivity index (χ0v) is 9.47. The van der Waals surface area contributed by atoms with Gasteiger partial charge < -0.3 is 9.67 Å². The Balaban J connectivity index is 2.81. The van der Waals surface area contributed by atoms with Crippen LogP contribution in [0.15, 0.2) is 37.4 Å². The van der Waals surface area contributed by atoms with Crippen molar-refractivity contribution in [3.05, 3.63) is 48.8 Å². The molecular weight excluding hydrogens is 216 g/mol. The summed E-state index contributed by atoms with van der Waals surface area (Å²) in [6.07, 6.45) is 1.60. The van der Waals surface area contributed by atoms with Gasteiger partial charge in [0.25, 0.3) is 0 Å². The maximum Gasteiger partial charge on any atom is 0.337 e. The van der Waals surface area contributed by atoms with Crippen molar-refractivity contribution < 1.29 is 9.90 Å². The predicted octanol–water partition coefficient (Wildman–Crippen LogP) is 2.47. The highest BCUT2D eigenvalue weighted by atomic mass is 16.4. The van der Waals surface area contributed by atoms with Crippen LogP contribution in [0.2, 0.25) is 0 Å². The molecule has 0 spiro atoms. The molecule has 1 aromatic carbocycles. The number of aryl methyl sites for hydroxylation is 1. The Bertz CT molecular complexity index is 638. The summed E-state index contributed by atoms with van der Waals surface area (Å²) in [6, 6.07) is 5.07. The highest BCUT2D eigenvalue weighted by Crippen LogP contribution is 2.22. The average Bonchev–Trinajstić information content (AvgIpc) is 2.66. The Kier molecular flexibility index (Phi) is 2.55. The van der Waals surface area contributed by atoms with Crippen molar-refractivity contribution in [3.8, 4) is 0 Å². The third-order valence-corrected chi connectivity index (χ3v) is 2.68. The Morgan fingerprint density at radius 2 is 2.24 bits per heavy atom. The van der Waals surface area contributed by atoms with Gasteiger partial charge in [0, 0.05) is 12.6 Å². The van der Waals surface area contributed by atoms with Gasteiger partial charge in [-0.05, 0) is 12.1 Å². The number of carbonyl (C=O) groups is 1. The topological polar surface area (TPSA) is 55.1 Å². The number of imidazole rings is 1. The van der Waals surface area contributed by atoms with Gasteiger partial charge in [0.15, 0.2) is 0 Å². The average molecular weight is 228 g/mol. The smallest absolute Gasteiger partial charge is 0.337 e. The van der Waals surface area contributed by atoms with E-state index >= 15 is 0 Å². The lowest BCUT2D eigenvalue weighted by molar-refractivity contribution is 0.0699. The van der Waals surface area contributed by atoms with Crippen LogP contribution in [0.1, 0.15) is 16.2 Å². The number of nitrogens with zero attached hydrogens (tertiary/aromatic N) is 2. The number of carboxylic acid groups (broad SMARTS) is 1. The fourth-order valence-electron chi connectivity index (χ4n) is 1.77. The lowest BCUT2D eigenvalue weighted by atomic mass is 10.2. The van der Waals surface area contributed by atoms with Crippen molar-refractivity contribution in [1.82, 2.24) is 9.55 Å². The fraction of sp³-hybridized carbons (Fsp3) is 0.0769. The molecule has 1 aromatic heterocycles. The van der Waals surface area contributed by atoms with E-state index < -0.39 is 5.97 Å². The number of para-hydroxylation sites is 1. The van der Waals surface area contributed by atoms with E-state index in [-0.39, 0.29) is 5.56 Å². The molecule has 0 saturated heterocycles. The van der Waals surface area contributed by atoms with Gasteiger partial charge in [-0.3, -0.25) is 0 Å². The van der Waals surface area contributed by atoms with Crippen LogP contribution in [-0.2, 0) is 7.05 Å². The number of carboxylic acids is 1. The highest BCUT2D eigenvalue weighted by Gasteiger charge is 2.15. The quantitative estimate of drug-likeness (QED) is 0.821. The second-order valence-corrected chi connectivity index (χ2v) is 3.70. The maximum atomic E-state index is 11.1. The predicted molar refractivity (Wildman–Crippen MR) is 66.9 cm³/mol. The fourth-order valence-corrected chi connectivity index (χ4v) is 1.77. The molecule has 1 N–H and O–H groups in total. The van der Waals surface area contributed by atoms with Gasteiger partial charge in [-0.2, -0.15) is 0 Å². The second-order valence-electron chi connectivity index (χ2n) is 3.70. The molecule has 0 aliphatic rings. The molecule has 1 heterocycles. The van der Waals surface area contributed by atoms with Crippen LogP contribution in [-0.4, -0.2) is 20.6 Å². The van der Waals surface area contributed by atoms with Crippen LogP contribution in [0.3, 0.4) is 0 Å². The zero-order valence-electron chi connectivity index (χ0n) is 9.47. The SMILES string of the molecule is C=CC(=C)c1nc2c(C(=O)O)cccc2n1C. The second kappa shape index (κ2) is 3.90. The van der Waals surface area contributed by atoms with Crippen LogP contribution in [0.5, 0.6) is 0 Å². The number of aromatic carboxylic acids is 1. The standard InChI is InChI=1S/C13H12N2O2/c1-4-8(2)12-14-11-9(13(16)17)6-5-7-10(11)15(12)3/h4-7H,1-2H2,3H3,(H,16,17). The van der Waals surface area contributed by atoms with Gasteiger partial charge in [-0.25, -0.2) is 9.78 Å². The largest absolute Gasteiger partial charge is 0.478 e. The molecular formula is C13H12N2O2. The first-order valence-electron chi connectivity index (χ1n) is 5.06. The lowest BCUT2D eigenvalue weighted by Gasteiger charge is -2.00. The number of aromatic nitrogens is 2. The minimum atomic E-state index is -0.982. The monoisotopic (exact) mass is 228 g/mol. The van der Waals surface area contributed by atoms with Crippen molar-refractivity contribution in [3.63, 3.8) is 0 Å². The van der Waals surface area contributed by atoms with E-state index in [1.165, 1.54) is 6.07 Å². The molecule has 0 bridgehead atoms. The van der Waals surface area contributed by atoms with Crippen LogP contribution >= 0.6 is 0 Å². The molecule has 0 aliphatic carbocycles. The third kappa shape index (κ3) is 1.63. The van der Waals surface area contributed by atoms with E-state index in [1.807, 2.05) is 17.7 Å². The van der Waals surface area contributed by atoms with Crippen molar-refractivity contribution in [2.24, 2.45) is 7.05 Å². The molecule has 0 amide bonds. The number of rotatable bonds is 3. The molecule has 0 radical (unpaired) electrons. The molecule has 2 aromatic rings. The molecule has 0 unspecified atom stereocenters. The first kappa shape index (κ1) is 11.1. The summed E-state index contributed by atoms with van der Waals surface area (Å²) < 4.78 is 1.81. The molecule has 4 heteroatoms. The molecule has 0 aliphatic heterocycles. The number of fused-ring (bicyclic) bond motifs is 1. The molecule has 0 saturated carbocycles. The molecule has 0 fully saturated rings. The Labute approximate surface area is 98.5 Å². The van der Waals surface area contributed by atoms with E-state index in [1.54, 1.807) is 12.1 Å². The van der Waals surface area contributed by atoms with Gasteiger partial charge in [0.2, 0.25) is 0 Å². The van der Waals surface area contributed by atoms with E-state index in [9.17, 15) is 4.79 Å². The molecule has 4 nitrogen and oxygen atoms in total. The summed E-state index contributed by atoms with van der Waals surface area (Å²) >= 11 is 0. The Morgan fingerprint density at radius 1 is 1.53 bits per heavy atom. The lowest BCUT2D eigenvalue weighted by Crippen LogP contribution is -1.97. The van der Waals surface area contributed by atoms with Gasteiger partial charge in [0.05, 0.1) is 11.1 Å². The molecule has 86 valence electrons. The van der Waals surface area contributed by atoms with Gasteiger partial charge in [-0.15, -0.1) is 0 Å². The van der Waals surface area contributed by atoms with Gasteiger partial charge in [-0.1, -0.05) is 25.3 Å². The van der Waals surface area contributed by atoms with E-state index in [4.69, 9.17) is 5.11 Å². The van der Waals surface area contributed by atoms with E-state index in [0.717, 1.165) is 5.52 Å². The summed E-state index contributed by atoms with van der Waals surface area (Å²) in [5, 5.41) is 9.09. The van der Waals surface area contributed by atoms with Crippen molar-refractivity contribution >= 4 is 22.6 Å². The van der Waals surface area contributed by atoms with E-state index in [2.05, 4.69) is 18.1 Å².